The third-order valence-electron chi connectivity index (χ3n) is 3.65. The van der Waals surface area contributed by atoms with Gasteiger partial charge in [0.2, 0.25) is 0 Å². The Morgan fingerprint density at radius 1 is 1.08 bits per heavy atom. The standard InChI is InChI=1S/C18H19N5S/c1-13-7-8-20-17(11-13)22-18(24)21-12-15-3-5-16(6-4-15)23-10-9-19-14(23)2/h3-11H,12H2,1-2H3,(H2,20,21,22,24). The molecule has 5 nitrogen and oxygen atoms in total. The zero-order chi connectivity index (χ0) is 16.9. The van der Waals surface area contributed by atoms with Crippen LogP contribution in [0.25, 0.3) is 5.69 Å². The number of hydrogen-bond donors (Lipinski definition) is 2. The van der Waals surface area contributed by atoms with Crippen LogP contribution < -0.4 is 10.6 Å². The molecule has 1 aromatic carbocycles. The SMILES string of the molecule is Cc1ccnc(NC(=S)NCc2ccc(-n3ccnc3C)cc2)c1. The minimum absolute atomic E-state index is 0.558. The molecule has 0 amide bonds. The fraction of sp³-hybridized carbons (Fsp3) is 0.167. The first-order chi connectivity index (χ1) is 11.6. The molecule has 0 spiro atoms. The van der Waals surface area contributed by atoms with E-state index in [1.165, 1.54) is 0 Å². The largest absolute Gasteiger partial charge is 0.358 e. The Labute approximate surface area is 146 Å². The molecule has 0 bridgehead atoms. The second kappa shape index (κ2) is 7.23. The van der Waals surface area contributed by atoms with E-state index >= 15 is 0 Å². The summed E-state index contributed by atoms with van der Waals surface area (Å²) in [5.41, 5.74) is 3.39. The smallest absolute Gasteiger partial charge is 0.172 e. The lowest BCUT2D eigenvalue weighted by Gasteiger charge is -2.11. The summed E-state index contributed by atoms with van der Waals surface area (Å²) in [6.45, 7) is 4.66. The predicted molar refractivity (Wildman–Crippen MR) is 100 cm³/mol. The molecule has 0 aliphatic carbocycles. The summed E-state index contributed by atoms with van der Waals surface area (Å²) in [6, 6.07) is 12.2. The number of benzene rings is 1. The molecule has 0 saturated carbocycles. The molecule has 24 heavy (non-hydrogen) atoms. The van der Waals surface area contributed by atoms with Crippen molar-refractivity contribution in [2.24, 2.45) is 0 Å². The third-order valence-corrected chi connectivity index (χ3v) is 3.90. The topological polar surface area (TPSA) is 54.8 Å². The Morgan fingerprint density at radius 3 is 2.54 bits per heavy atom. The average Bonchev–Trinajstić information content (AvgIpc) is 2.99. The average molecular weight is 337 g/mol. The Bertz CT molecular complexity index is 839. The van der Waals surface area contributed by atoms with Crippen LogP contribution in [0.3, 0.4) is 0 Å². The van der Waals surface area contributed by atoms with Gasteiger partial charge < -0.3 is 15.2 Å². The number of thiocarbonyl (C=S) groups is 1. The number of nitrogens with zero attached hydrogens (tertiary/aromatic N) is 3. The van der Waals surface area contributed by atoms with Crippen LogP contribution in [0.4, 0.5) is 5.82 Å². The maximum absolute atomic E-state index is 5.31. The van der Waals surface area contributed by atoms with Crippen molar-refractivity contribution in [2.45, 2.75) is 20.4 Å². The molecule has 0 saturated heterocycles. The fourth-order valence-corrected chi connectivity index (χ4v) is 2.55. The van der Waals surface area contributed by atoms with Gasteiger partial charge in [0.25, 0.3) is 0 Å². The quantitative estimate of drug-likeness (QED) is 0.715. The summed E-state index contributed by atoms with van der Waals surface area (Å²) >= 11 is 5.31. The van der Waals surface area contributed by atoms with Crippen LogP contribution in [-0.2, 0) is 6.54 Å². The Hall–Kier alpha value is -2.73. The second-order valence-electron chi connectivity index (χ2n) is 5.54. The lowest BCUT2D eigenvalue weighted by atomic mass is 10.2. The van der Waals surface area contributed by atoms with E-state index in [0.717, 1.165) is 28.5 Å². The van der Waals surface area contributed by atoms with Gasteiger partial charge in [0.05, 0.1) is 0 Å². The molecular formula is C18H19N5S. The van der Waals surface area contributed by atoms with E-state index in [-0.39, 0.29) is 0 Å². The van der Waals surface area contributed by atoms with Crippen molar-refractivity contribution in [3.8, 4) is 5.69 Å². The molecule has 3 aromatic rings. The maximum atomic E-state index is 5.31. The molecule has 0 aliphatic rings. The third kappa shape index (κ3) is 3.97. The van der Waals surface area contributed by atoms with Crippen molar-refractivity contribution in [1.82, 2.24) is 19.9 Å². The van der Waals surface area contributed by atoms with Gasteiger partial charge in [0.1, 0.15) is 11.6 Å². The molecule has 0 radical (unpaired) electrons. The number of aromatic nitrogens is 3. The van der Waals surface area contributed by atoms with E-state index in [9.17, 15) is 0 Å². The minimum Gasteiger partial charge on any atom is -0.358 e. The molecular weight excluding hydrogens is 318 g/mol. The number of hydrogen-bond acceptors (Lipinski definition) is 3. The van der Waals surface area contributed by atoms with Gasteiger partial charge in [-0.2, -0.15) is 0 Å². The van der Waals surface area contributed by atoms with E-state index < -0.39 is 0 Å². The molecule has 6 heteroatoms. The highest BCUT2D eigenvalue weighted by Crippen LogP contribution is 2.12. The lowest BCUT2D eigenvalue weighted by molar-refractivity contribution is 0.919. The maximum Gasteiger partial charge on any atom is 0.172 e. The zero-order valence-corrected chi connectivity index (χ0v) is 14.5. The van der Waals surface area contributed by atoms with E-state index in [4.69, 9.17) is 12.2 Å². The Kier molecular flexibility index (Phi) is 4.86. The van der Waals surface area contributed by atoms with Crippen molar-refractivity contribution in [2.75, 3.05) is 5.32 Å². The van der Waals surface area contributed by atoms with Gasteiger partial charge >= 0.3 is 0 Å². The highest BCUT2D eigenvalue weighted by Gasteiger charge is 2.02. The van der Waals surface area contributed by atoms with Crippen molar-refractivity contribution in [1.29, 1.82) is 0 Å². The lowest BCUT2D eigenvalue weighted by Crippen LogP contribution is -2.28. The van der Waals surface area contributed by atoms with Gasteiger partial charge in [0, 0.05) is 30.8 Å². The Balaban J connectivity index is 1.57. The van der Waals surface area contributed by atoms with Crippen LogP contribution in [0.1, 0.15) is 17.0 Å². The van der Waals surface area contributed by atoms with Gasteiger partial charge in [-0.15, -0.1) is 0 Å². The number of nitrogens with one attached hydrogen (secondary N) is 2. The van der Waals surface area contributed by atoms with E-state index in [1.807, 2.05) is 36.7 Å². The van der Waals surface area contributed by atoms with Gasteiger partial charge in [0.15, 0.2) is 5.11 Å². The Morgan fingerprint density at radius 2 is 1.88 bits per heavy atom. The molecule has 0 atom stereocenters. The van der Waals surface area contributed by atoms with Gasteiger partial charge in [-0.25, -0.2) is 9.97 Å². The van der Waals surface area contributed by atoms with Gasteiger partial charge in [-0.05, 0) is 61.5 Å². The number of imidazole rings is 1. The zero-order valence-electron chi connectivity index (χ0n) is 13.7. The summed E-state index contributed by atoms with van der Waals surface area (Å²) in [5.74, 6) is 1.72. The molecule has 0 fully saturated rings. The minimum atomic E-state index is 0.558. The summed E-state index contributed by atoms with van der Waals surface area (Å²) in [7, 11) is 0. The van der Waals surface area contributed by atoms with E-state index in [2.05, 4.69) is 44.9 Å². The molecule has 2 N–H and O–H groups in total. The first-order valence-corrected chi connectivity index (χ1v) is 8.09. The monoisotopic (exact) mass is 337 g/mol. The van der Waals surface area contributed by atoms with Gasteiger partial charge in [-0.1, -0.05) is 12.1 Å². The first kappa shape index (κ1) is 16.1. The second-order valence-corrected chi connectivity index (χ2v) is 5.95. The van der Waals surface area contributed by atoms with Crippen LogP contribution in [0.5, 0.6) is 0 Å². The number of anilines is 1. The normalized spacial score (nSPS) is 10.4. The summed E-state index contributed by atoms with van der Waals surface area (Å²) in [4.78, 5) is 8.48. The summed E-state index contributed by atoms with van der Waals surface area (Å²) < 4.78 is 2.05. The summed E-state index contributed by atoms with van der Waals surface area (Å²) in [6.07, 6.45) is 5.52. The fourth-order valence-electron chi connectivity index (χ4n) is 2.37. The van der Waals surface area contributed by atoms with E-state index in [1.54, 1.807) is 12.4 Å². The van der Waals surface area contributed by atoms with Crippen molar-refractivity contribution >= 4 is 23.1 Å². The van der Waals surface area contributed by atoms with E-state index in [0.29, 0.717) is 11.7 Å². The number of pyridine rings is 1. The molecule has 122 valence electrons. The first-order valence-electron chi connectivity index (χ1n) is 7.68. The molecule has 2 aromatic heterocycles. The van der Waals surface area contributed by atoms with Crippen molar-refractivity contribution in [3.05, 3.63) is 71.9 Å². The molecule has 3 rings (SSSR count). The van der Waals surface area contributed by atoms with Crippen LogP contribution in [-0.4, -0.2) is 19.6 Å². The van der Waals surface area contributed by atoms with Gasteiger partial charge in [-0.3, -0.25) is 0 Å². The molecule has 0 aliphatic heterocycles. The van der Waals surface area contributed by atoms with Crippen LogP contribution >= 0.6 is 12.2 Å². The van der Waals surface area contributed by atoms with Crippen molar-refractivity contribution < 1.29 is 0 Å². The molecule has 2 heterocycles. The van der Waals surface area contributed by atoms with Crippen LogP contribution in [0.2, 0.25) is 0 Å². The predicted octanol–water partition coefficient (Wildman–Crippen LogP) is 3.37. The van der Waals surface area contributed by atoms with Crippen molar-refractivity contribution in [3.63, 3.8) is 0 Å². The molecule has 0 unspecified atom stereocenters. The van der Waals surface area contributed by atoms with Crippen LogP contribution in [0.15, 0.2) is 55.0 Å². The summed E-state index contributed by atoms with van der Waals surface area (Å²) in [5, 5.41) is 6.84. The highest BCUT2D eigenvalue weighted by atomic mass is 32.1. The number of aryl methyl sites for hydroxylation is 2. The number of rotatable bonds is 4. The highest BCUT2D eigenvalue weighted by molar-refractivity contribution is 7.80. The van der Waals surface area contributed by atoms with Crippen LogP contribution in [0, 0.1) is 13.8 Å².